The molecule has 0 amide bonds. The fourth-order valence-corrected chi connectivity index (χ4v) is 1.57. The lowest BCUT2D eigenvalue weighted by molar-refractivity contribution is -0.155. The molecule has 1 atom stereocenters. The van der Waals surface area contributed by atoms with Crippen molar-refractivity contribution < 1.29 is 15.0 Å². The van der Waals surface area contributed by atoms with Crippen molar-refractivity contribution in [3.8, 4) is 0 Å². The van der Waals surface area contributed by atoms with E-state index in [4.69, 9.17) is 28.3 Å². The molecule has 1 aromatic rings. The van der Waals surface area contributed by atoms with E-state index in [1.54, 1.807) is 12.1 Å². The lowest BCUT2D eigenvalue weighted by atomic mass is 10.1. The van der Waals surface area contributed by atoms with Crippen LogP contribution in [-0.2, 0) is 4.79 Å². The van der Waals surface area contributed by atoms with Gasteiger partial charge in [0.15, 0.2) is 5.60 Å². The van der Waals surface area contributed by atoms with Gasteiger partial charge in [0.1, 0.15) is 0 Å². The number of aliphatic carboxylic acids is 1. The molecule has 0 aromatic heterocycles. The van der Waals surface area contributed by atoms with Crippen molar-refractivity contribution in [1.82, 2.24) is 0 Å². The molecule has 0 aliphatic rings. The Morgan fingerprint density at radius 2 is 2.00 bits per heavy atom. The predicted octanol–water partition coefficient (Wildman–Crippen LogP) is 2.55. The fourth-order valence-electron chi connectivity index (χ4n) is 1.12. The van der Waals surface area contributed by atoms with Crippen LogP contribution < -0.4 is 5.32 Å². The third kappa shape index (κ3) is 3.49. The summed E-state index contributed by atoms with van der Waals surface area (Å²) in [6.45, 7) is 2.85. The second-order valence-electron chi connectivity index (χ2n) is 4.01. The highest BCUT2D eigenvalue weighted by Gasteiger charge is 2.29. The van der Waals surface area contributed by atoms with Crippen molar-refractivity contribution in [2.45, 2.75) is 19.4 Å². The summed E-state index contributed by atoms with van der Waals surface area (Å²) in [5, 5.41) is 22.0. The highest BCUT2D eigenvalue weighted by Crippen LogP contribution is 2.29. The summed E-state index contributed by atoms with van der Waals surface area (Å²) in [4.78, 5) is 10.7. The molecule has 0 aliphatic carbocycles. The van der Waals surface area contributed by atoms with Gasteiger partial charge in [0.25, 0.3) is 0 Å². The number of halogens is 2. The molecule has 4 nitrogen and oxygen atoms in total. The van der Waals surface area contributed by atoms with E-state index >= 15 is 0 Å². The summed E-state index contributed by atoms with van der Waals surface area (Å²) in [6, 6.07) is 3.26. The SMILES string of the molecule is Cc1cc(Cl)c(NCC(C)(O)C(=O)O)cc1Cl. The molecular weight excluding hydrogens is 265 g/mol. The van der Waals surface area contributed by atoms with Gasteiger partial charge in [0.05, 0.1) is 17.3 Å². The van der Waals surface area contributed by atoms with Crippen molar-refractivity contribution in [3.63, 3.8) is 0 Å². The van der Waals surface area contributed by atoms with E-state index in [1.165, 1.54) is 6.92 Å². The van der Waals surface area contributed by atoms with Crippen LogP contribution in [0.25, 0.3) is 0 Å². The van der Waals surface area contributed by atoms with Crippen LogP contribution in [0.4, 0.5) is 5.69 Å². The molecular formula is C11H13Cl2NO3. The lowest BCUT2D eigenvalue weighted by Gasteiger charge is -2.20. The number of anilines is 1. The first-order valence-corrected chi connectivity index (χ1v) is 5.65. The van der Waals surface area contributed by atoms with Crippen LogP contribution >= 0.6 is 23.2 Å². The van der Waals surface area contributed by atoms with Gasteiger partial charge in [-0.05, 0) is 31.5 Å². The molecule has 0 heterocycles. The minimum Gasteiger partial charge on any atom is -0.479 e. The molecule has 1 rings (SSSR count). The van der Waals surface area contributed by atoms with Crippen LogP contribution in [0.1, 0.15) is 12.5 Å². The summed E-state index contributed by atoms with van der Waals surface area (Å²) < 4.78 is 0. The molecule has 1 aromatic carbocycles. The molecule has 0 bridgehead atoms. The monoisotopic (exact) mass is 277 g/mol. The quantitative estimate of drug-likeness (QED) is 0.791. The molecule has 0 aliphatic heterocycles. The van der Waals surface area contributed by atoms with E-state index < -0.39 is 11.6 Å². The second kappa shape index (κ2) is 5.12. The minimum atomic E-state index is -1.86. The lowest BCUT2D eigenvalue weighted by Crippen LogP contribution is -2.41. The van der Waals surface area contributed by atoms with Gasteiger partial charge < -0.3 is 15.5 Å². The van der Waals surface area contributed by atoms with Crippen LogP contribution in [0.3, 0.4) is 0 Å². The van der Waals surface area contributed by atoms with Crippen LogP contribution in [0.2, 0.25) is 10.0 Å². The number of carboxylic acids is 1. The Morgan fingerprint density at radius 3 is 2.53 bits per heavy atom. The number of rotatable bonds is 4. The van der Waals surface area contributed by atoms with Crippen LogP contribution in [0, 0.1) is 6.92 Å². The van der Waals surface area contributed by atoms with Gasteiger partial charge in [-0.2, -0.15) is 0 Å². The van der Waals surface area contributed by atoms with Crippen molar-refractivity contribution in [3.05, 3.63) is 27.7 Å². The van der Waals surface area contributed by atoms with E-state index in [0.717, 1.165) is 5.56 Å². The highest BCUT2D eigenvalue weighted by atomic mass is 35.5. The molecule has 1 unspecified atom stereocenters. The zero-order valence-electron chi connectivity index (χ0n) is 9.42. The highest BCUT2D eigenvalue weighted by molar-refractivity contribution is 6.35. The number of nitrogens with one attached hydrogen (secondary N) is 1. The van der Waals surface area contributed by atoms with E-state index in [9.17, 15) is 9.90 Å². The largest absolute Gasteiger partial charge is 0.479 e. The van der Waals surface area contributed by atoms with Crippen molar-refractivity contribution >= 4 is 34.9 Å². The molecule has 6 heteroatoms. The number of aliphatic hydroxyl groups is 1. The Labute approximate surface area is 109 Å². The topological polar surface area (TPSA) is 69.6 Å². The van der Waals surface area contributed by atoms with Gasteiger partial charge in [0.2, 0.25) is 0 Å². The average Bonchev–Trinajstić information content (AvgIpc) is 2.21. The first-order valence-electron chi connectivity index (χ1n) is 4.89. The van der Waals surface area contributed by atoms with Crippen molar-refractivity contribution in [2.75, 3.05) is 11.9 Å². The Hall–Kier alpha value is -0.970. The molecule has 0 spiro atoms. The van der Waals surface area contributed by atoms with Gasteiger partial charge in [-0.3, -0.25) is 0 Å². The maximum absolute atomic E-state index is 10.7. The summed E-state index contributed by atoms with van der Waals surface area (Å²) in [6.07, 6.45) is 0. The first kappa shape index (κ1) is 14.1. The van der Waals surface area contributed by atoms with E-state index in [-0.39, 0.29) is 6.54 Å². The second-order valence-corrected chi connectivity index (χ2v) is 4.83. The number of benzene rings is 1. The van der Waals surface area contributed by atoms with Gasteiger partial charge in [-0.15, -0.1) is 0 Å². The molecule has 0 saturated carbocycles. The van der Waals surface area contributed by atoms with E-state index in [0.29, 0.717) is 15.7 Å². The molecule has 0 radical (unpaired) electrons. The number of carboxylic acid groups (broad SMARTS) is 1. The van der Waals surface area contributed by atoms with Gasteiger partial charge in [0, 0.05) is 5.02 Å². The van der Waals surface area contributed by atoms with Crippen molar-refractivity contribution in [2.24, 2.45) is 0 Å². The number of hydrogen-bond donors (Lipinski definition) is 3. The predicted molar refractivity (Wildman–Crippen MR) is 67.9 cm³/mol. The molecule has 17 heavy (non-hydrogen) atoms. The number of hydrogen-bond acceptors (Lipinski definition) is 3. The minimum absolute atomic E-state index is 0.165. The van der Waals surface area contributed by atoms with Gasteiger partial charge in [-0.1, -0.05) is 23.2 Å². The maximum atomic E-state index is 10.7. The van der Waals surface area contributed by atoms with Crippen molar-refractivity contribution in [1.29, 1.82) is 0 Å². The normalized spacial score (nSPS) is 14.2. The smallest absolute Gasteiger partial charge is 0.337 e. The summed E-state index contributed by atoms with van der Waals surface area (Å²) in [5.74, 6) is -1.31. The third-order valence-electron chi connectivity index (χ3n) is 2.33. The molecule has 94 valence electrons. The third-order valence-corrected chi connectivity index (χ3v) is 3.05. The van der Waals surface area contributed by atoms with Crippen LogP contribution in [-0.4, -0.2) is 28.3 Å². The van der Waals surface area contributed by atoms with Gasteiger partial charge in [-0.25, -0.2) is 4.79 Å². The summed E-state index contributed by atoms with van der Waals surface area (Å²) in [5.41, 5.74) is -0.545. The van der Waals surface area contributed by atoms with Crippen LogP contribution in [0.15, 0.2) is 12.1 Å². The van der Waals surface area contributed by atoms with Gasteiger partial charge >= 0.3 is 5.97 Å². The zero-order chi connectivity index (χ0) is 13.2. The zero-order valence-corrected chi connectivity index (χ0v) is 10.9. The Bertz CT molecular complexity index is 447. The summed E-state index contributed by atoms with van der Waals surface area (Å²) >= 11 is 11.9. The van der Waals surface area contributed by atoms with E-state index in [2.05, 4.69) is 5.32 Å². The first-order chi connectivity index (χ1) is 7.74. The number of carbonyl (C=O) groups is 1. The summed E-state index contributed by atoms with van der Waals surface area (Å²) in [7, 11) is 0. The molecule has 3 N–H and O–H groups in total. The maximum Gasteiger partial charge on any atom is 0.337 e. The molecule has 0 fully saturated rings. The Kier molecular flexibility index (Phi) is 4.25. The molecule has 0 saturated heterocycles. The Balaban J connectivity index is 2.83. The standard InChI is InChI=1S/C11H13Cl2NO3/c1-6-3-8(13)9(4-7(6)12)14-5-11(2,17)10(15)16/h3-4,14,17H,5H2,1-2H3,(H,15,16). The fraction of sp³-hybridized carbons (Fsp3) is 0.364. The Morgan fingerprint density at radius 1 is 1.41 bits per heavy atom. The average molecular weight is 278 g/mol. The van der Waals surface area contributed by atoms with E-state index in [1.807, 2.05) is 6.92 Å². The number of aryl methyl sites for hydroxylation is 1. The van der Waals surface area contributed by atoms with Crippen LogP contribution in [0.5, 0.6) is 0 Å².